The quantitative estimate of drug-likeness (QED) is 0.659. The molecule has 0 N–H and O–H groups in total. The fourth-order valence-electron chi connectivity index (χ4n) is 1.72. The summed E-state index contributed by atoms with van der Waals surface area (Å²) in [6.45, 7) is 4.00. The minimum Gasteiger partial charge on any atom is -0.545 e. The van der Waals surface area contributed by atoms with Gasteiger partial charge in [0.1, 0.15) is 0 Å². The van der Waals surface area contributed by atoms with E-state index < -0.39 is 17.9 Å². The molecule has 3 rings (SSSR count). The standard InChI is InChI=1S/3C7H6O2.C2H6/c3*8-7(9)6-4-2-1-3-5-6;1-2/h3*1-5H,(H,8,9);1-2H3/p-3. The van der Waals surface area contributed by atoms with E-state index in [0.29, 0.717) is 0 Å². The number of carbonyl (C=O) groups is 3. The first-order chi connectivity index (χ1) is 13.9. The number of hydrogen-bond acceptors (Lipinski definition) is 6. The summed E-state index contributed by atoms with van der Waals surface area (Å²) >= 11 is 0. The molecular weight excluding hydrogens is 372 g/mol. The number of carbonyl (C=O) groups excluding carboxylic acids is 3. The van der Waals surface area contributed by atoms with Gasteiger partial charge in [-0.1, -0.05) is 105 Å². The summed E-state index contributed by atoms with van der Waals surface area (Å²) in [7, 11) is 0. The van der Waals surface area contributed by atoms with Crippen LogP contribution in [0.5, 0.6) is 0 Å². The Kier molecular flexibility index (Phi) is 13.1. The molecule has 0 bridgehead atoms. The van der Waals surface area contributed by atoms with E-state index in [1.54, 1.807) is 54.6 Å². The van der Waals surface area contributed by atoms with Gasteiger partial charge in [0.2, 0.25) is 0 Å². The molecule has 0 saturated carbocycles. The number of hydrogen-bond donors (Lipinski definition) is 0. The summed E-state index contributed by atoms with van der Waals surface area (Å²) in [6, 6.07) is 24.2. The van der Waals surface area contributed by atoms with Crippen LogP contribution in [0.4, 0.5) is 0 Å². The third kappa shape index (κ3) is 11.4. The number of rotatable bonds is 3. The van der Waals surface area contributed by atoms with Gasteiger partial charge in [0.05, 0.1) is 17.9 Å². The fraction of sp³-hybridized carbons (Fsp3) is 0.0870. The average Bonchev–Trinajstić information content (AvgIpc) is 2.78. The van der Waals surface area contributed by atoms with E-state index in [4.69, 9.17) is 0 Å². The number of aromatic carboxylic acids is 3. The smallest absolute Gasteiger partial charge is 0.0715 e. The van der Waals surface area contributed by atoms with E-state index >= 15 is 0 Å². The van der Waals surface area contributed by atoms with Crippen LogP contribution in [0.1, 0.15) is 44.9 Å². The van der Waals surface area contributed by atoms with Crippen LogP contribution >= 0.6 is 0 Å². The molecule has 0 aliphatic carbocycles. The molecule has 0 fully saturated rings. The van der Waals surface area contributed by atoms with E-state index in [1.165, 1.54) is 36.4 Å². The SMILES string of the molecule is CC.O=C([O-])c1ccccc1.O=C([O-])c1ccccc1.O=C([O-])c1ccccc1. The molecule has 0 aromatic heterocycles. The summed E-state index contributed by atoms with van der Waals surface area (Å²) in [5, 5.41) is 30.3. The average molecular weight is 393 g/mol. The normalized spacial score (nSPS) is 8.48. The molecule has 0 spiro atoms. The molecule has 0 aliphatic heterocycles. The predicted octanol–water partition coefficient (Wildman–Crippen LogP) is 1.18. The lowest BCUT2D eigenvalue weighted by atomic mass is 10.2. The van der Waals surface area contributed by atoms with Crippen LogP contribution in [0, 0.1) is 0 Å². The fourth-order valence-corrected chi connectivity index (χ4v) is 1.72. The molecule has 0 amide bonds. The highest BCUT2D eigenvalue weighted by atomic mass is 16.4. The minimum absolute atomic E-state index is 0.220. The van der Waals surface area contributed by atoms with E-state index in [1.807, 2.05) is 13.8 Å². The molecule has 3 aromatic carbocycles. The van der Waals surface area contributed by atoms with Crippen LogP contribution in [0.2, 0.25) is 0 Å². The first-order valence-corrected chi connectivity index (χ1v) is 8.71. The highest BCUT2D eigenvalue weighted by Gasteiger charge is 1.87. The molecule has 152 valence electrons. The van der Waals surface area contributed by atoms with Crippen LogP contribution < -0.4 is 15.3 Å². The topological polar surface area (TPSA) is 120 Å². The third-order valence-corrected chi connectivity index (χ3v) is 3.03. The molecule has 0 aliphatic rings. The van der Waals surface area contributed by atoms with Crippen molar-refractivity contribution in [3.63, 3.8) is 0 Å². The van der Waals surface area contributed by atoms with Crippen molar-refractivity contribution in [2.45, 2.75) is 13.8 Å². The largest absolute Gasteiger partial charge is 0.545 e. The number of carboxylic acids is 3. The Bertz CT molecular complexity index is 729. The zero-order valence-corrected chi connectivity index (χ0v) is 16.1. The minimum atomic E-state index is -1.13. The van der Waals surface area contributed by atoms with Crippen LogP contribution in [0.3, 0.4) is 0 Å². The monoisotopic (exact) mass is 393 g/mol. The zero-order valence-electron chi connectivity index (χ0n) is 16.1. The van der Waals surface area contributed by atoms with Crippen molar-refractivity contribution in [2.24, 2.45) is 0 Å². The maximum absolute atomic E-state index is 10.1. The summed E-state index contributed by atoms with van der Waals surface area (Å²) in [5.41, 5.74) is 0.660. The van der Waals surface area contributed by atoms with Gasteiger partial charge >= 0.3 is 0 Å². The third-order valence-electron chi connectivity index (χ3n) is 3.03. The molecule has 0 saturated heterocycles. The van der Waals surface area contributed by atoms with Gasteiger partial charge in [-0.3, -0.25) is 0 Å². The highest BCUT2D eigenvalue weighted by Crippen LogP contribution is 1.95. The summed E-state index contributed by atoms with van der Waals surface area (Å²) in [5.74, 6) is -3.39. The van der Waals surface area contributed by atoms with Gasteiger partial charge in [-0.05, 0) is 16.7 Å². The lowest BCUT2D eigenvalue weighted by molar-refractivity contribution is -0.256. The van der Waals surface area contributed by atoms with Crippen molar-refractivity contribution in [1.29, 1.82) is 0 Å². The van der Waals surface area contributed by atoms with Crippen molar-refractivity contribution in [3.05, 3.63) is 108 Å². The molecule has 6 heteroatoms. The lowest BCUT2D eigenvalue weighted by Crippen LogP contribution is -2.21. The van der Waals surface area contributed by atoms with Crippen LogP contribution in [-0.4, -0.2) is 17.9 Å². The first-order valence-electron chi connectivity index (χ1n) is 8.71. The van der Waals surface area contributed by atoms with E-state index in [0.717, 1.165) is 0 Å². The van der Waals surface area contributed by atoms with Crippen molar-refractivity contribution >= 4 is 17.9 Å². The molecule has 0 atom stereocenters. The summed E-state index contributed by atoms with van der Waals surface area (Å²) in [4.78, 5) is 30.3. The molecule has 6 nitrogen and oxygen atoms in total. The van der Waals surface area contributed by atoms with Gasteiger partial charge in [0.25, 0.3) is 0 Å². The van der Waals surface area contributed by atoms with E-state index in [2.05, 4.69) is 0 Å². The van der Waals surface area contributed by atoms with Gasteiger partial charge in [-0.25, -0.2) is 0 Å². The van der Waals surface area contributed by atoms with Crippen molar-refractivity contribution < 1.29 is 29.7 Å². The Hall–Kier alpha value is -3.93. The lowest BCUT2D eigenvalue weighted by Gasteiger charge is -1.97. The van der Waals surface area contributed by atoms with Gasteiger partial charge in [-0.15, -0.1) is 0 Å². The van der Waals surface area contributed by atoms with Crippen LogP contribution in [0.15, 0.2) is 91.0 Å². The maximum atomic E-state index is 10.1. The Morgan fingerprint density at radius 1 is 0.448 bits per heavy atom. The maximum Gasteiger partial charge on any atom is 0.0715 e. The second-order valence-corrected chi connectivity index (χ2v) is 4.96. The van der Waals surface area contributed by atoms with Crippen molar-refractivity contribution in [2.75, 3.05) is 0 Å². The molecule has 0 heterocycles. The Labute approximate surface area is 169 Å². The van der Waals surface area contributed by atoms with Gasteiger partial charge in [0, 0.05) is 0 Å². The summed E-state index contributed by atoms with van der Waals surface area (Å²) < 4.78 is 0. The van der Waals surface area contributed by atoms with Crippen LogP contribution in [0.25, 0.3) is 0 Å². The Morgan fingerprint density at radius 3 is 0.724 bits per heavy atom. The Balaban J connectivity index is 0.000000388. The Morgan fingerprint density at radius 2 is 0.621 bits per heavy atom. The number of benzene rings is 3. The van der Waals surface area contributed by atoms with Crippen LogP contribution in [-0.2, 0) is 0 Å². The summed E-state index contributed by atoms with van der Waals surface area (Å²) in [6.07, 6.45) is 0. The van der Waals surface area contributed by atoms with Gasteiger partial charge in [-0.2, -0.15) is 0 Å². The van der Waals surface area contributed by atoms with Gasteiger partial charge in [0.15, 0.2) is 0 Å². The molecular formula is C23H21O6-3. The zero-order chi connectivity index (χ0) is 22.1. The van der Waals surface area contributed by atoms with E-state index in [9.17, 15) is 29.7 Å². The molecule has 29 heavy (non-hydrogen) atoms. The van der Waals surface area contributed by atoms with E-state index in [-0.39, 0.29) is 16.7 Å². The molecule has 3 aromatic rings. The predicted molar refractivity (Wildman–Crippen MR) is 104 cm³/mol. The van der Waals surface area contributed by atoms with Gasteiger partial charge < -0.3 is 29.7 Å². The molecule has 0 radical (unpaired) electrons. The first kappa shape index (κ1) is 25.1. The number of carboxylic acid groups (broad SMARTS) is 3. The van der Waals surface area contributed by atoms with Crippen molar-refractivity contribution in [1.82, 2.24) is 0 Å². The second-order valence-electron chi connectivity index (χ2n) is 4.96. The highest BCUT2D eigenvalue weighted by molar-refractivity contribution is 5.86. The second kappa shape index (κ2) is 15.2. The van der Waals surface area contributed by atoms with Crippen molar-refractivity contribution in [3.8, 4) is 0 Å². The molecule has 0 unspecified atom stereocenters.